The Morgan fingerprint density at radius 3 is 3.05 bits per heavy atom. The monoisotopic (exact) mass is 283 g/mol. The lowest BCUT2D eigenvalue weighted by Gasteiger charge is -2.10. The molecule has 6 heteroatoms. The summed E-state index contributed by atoms with van der Waals surface area (Å²) in [6, 6.07) is 1.85. The van der Waals surface area contributed by atoms with Gasteiger partial charge in [-0.1, -0.05) is 0 Å². The molecule has 1 aromatic heterocycles. The molecule has 1 amide bonds. The lowest BCUT2D eigenvalue weighted by Crippen LogP contribution is -2.34. The highest BCUT2D eigenvalue weighted by Gasteiger charge is 2.17. The van der Waals surface area contributed by atoms with Crippen molar-refractivity contribution in [3.8, 4) is 0 Å². The van der Waals surface area contributed by atoms with E-state index < -0.39 is 5.97 Å². The van der Waals surface area contributed by atoms with E-state index in [1.807, 2.05) is 18.4 Å². The number of hydrogen-bond donors (Lipinski definition) is 1. The molecule has 2 rings (SSSR count). The molecular weight excluding hydrogens is 266 g/mol. The molecule has 19 heavy (non-hydrogen) atoms. The number of ether oxygens (including phenoxy) is 2. The van der Waals surface area contributed by atoms with Gasteiger partial charge in [0.1, 0.15) is 4.88 Å². The van der Waals surface area contributed by atoms with Crippen molar-refractivity contribution in [2.75, 3.05) is 19.8 Å². The summed E-state index contributed by atoms with van der Waals surface area (Å²) in [6.07, 6.45) is 2.10. The molecule has 1 aromatic rings. The van der Waals surface area contributed by atoms with E-state index in [2.05, 4.69) is 5.32 Å². The van der Waals surface area contributed by atoms with Crippen molar-refractivity contribution in [2.24, 2.45) is 0 Å². The lowest BCUT2D eigenvalue weighted by molar-refractivity contribution is -0.124. The van der Waals surface area contributed by atoms with Crippen molar-refractivity contribution >= 4 is 23.2 Å². The Morgan fingerprint density at radius 1 is 1.58 bits per heavy atom. The van der Waals surface area contributed by atoms with Gasteiger partial charge in [-0.3, -0.25) is 4.79 Å². The first-order chi connectivity index (χ1) is 9.16. The zero-order valence-corrected chi connectivity index (χ0v) is 11.6. The molecule has 0 radical (unpaired) electrons. The molecule has 0 spiro atoms. The fourth-order valence-corrected chi connectivity index (χ4v) is 2.68. The SMILES string of the molecule is Cc1ccsc1C(=O)OCC(=O)NC[C@H]1CCCO1. The lowest BCUT2D eigenvalue weighted by atomic mass is 10.2. The minimum Gasteiger partial charge on any atom is -0.451 e. The first-order valence-electron chi connectivity index (χ1n) is 6.26. The van der Waals surface area contributed by atoms with Gasteiger partial charge in [-0.2, -0.15) is 0 Å². The standard InChI is InChI=1S/C13H17NO4S/c1-9-4-6-19-12(9)13(16)18-8-11(15)14-7-10-3-2-5-17-10/h4,6,10H,2-3,5,7-8H2,1H3,(H,14,15)/t10-/m1/s1. The quantitative estimate of drug-likeness (QED) is 0.832. The zero-order chi connectivity index (χ0) is 13.7. The van der Waals surface area contributed by atoms with Crippen LogP contribution in [0.15, 0.2) is 11.4 Å². The third-order valence-corrected chi connectivity index (χ3v) is 3.93. The molecule has 1 saturated heterocycles. The molecule has 2 heterocycles. The molecule has 1 N–H and O–H groups in total. The molecule has 1 aliphatic rings. The second-order valence-corrected chi connectivity index (χ2v) is 5.36. The maximum atomic E-state index is 11.7. The van der Waals surface area contributed by atoms with E-state index in [4.69, 9.17) is 9.47 Å². The van der Waals surface area contributed by atoms with Gasteiger partial charge >= 0.3 is 5.97 Å². The second-order valence-electron chi connectivity index (χ2n) is 4.45. The number of thiophene rings is 1. The molecule has 5 nitrogen and oxygen atoms in total. The highest BCUT2D eigenvalue weighted by molar-refractivity contribution is 7.12. The van der Waals surface area contributed by atoms with Crippen LogP contribution in [-0.4, -0.2) is 37.7 Å². The molecule has 1 fully saturated rings. The smallest absolute Gasteiger partial charge is 0.349 e. The van der Waals surface area contributed by atoms with Crippen LogP contribution in [0.2, 0.25) is 0 Å². The Bertz CT molecular complexity index is 451. The van der Waals surface area contributed by atoms with Gasteiger partial charge in [0.05, 0.1) is 6.10 Å². The first kappa shape index (κ1) is 14.0. The van der Waals surface area contributed by atoms with Gasteiger partial charge < -0.3 is 14.8 Å². The summed E-state index contributed by atoms with van der Waals surface area (Å²) >= 11 is 1.32. The summed E-state index contributed by atoms with van der Waals surface area (Å²) in [7, 11) is 0. The molecule has 0 aliphatic carbocycles. The number of aryl methyl sites for hydroxylation is 1. The minimum absolute atomic E-state index is 0.0965. The Labute approximate surface area is 115 Å². The van der Waals surface area contributed by atoms with Crippen molar-refractivity contribution in [3.05, 3.63) is 21.9 Å². The number of esters is 1. The highest BCUT2D eigenvalue weighted by Crippen LogP contribution is 2.16. The number of carbonyl (C=O) groups excluding carboxylic acids is 2. The van der Waals surface area contributed by atoms with Gasteiger partial charge in [0.15, 0.2) is 6.61 Å². The molecule has 0 aromatic carbocycles. The maximum absolute atomic E-state index is 11.7. The summed E-state index contributed by atoms with van der Waals surface area (Å²) in [5.41, 5.74) is 0.870. The number of carbonyl (C=O) groups is 2. The fraction of sp³-hybridized carbons (Fsp3) is 0.538. The summed E-state index contributed by atoms with van der Waals surface area (Å²) in [5.74, 6) is -0.738. The van der Waals surface area contributed by atoms with Crippen LogP contribution >= 0.6 is 11.3 Å². The second kappa shape index (κ2) is 6.68. The van der Waals surface area contributed by atoms with Crippen LogP contribution in [0.25, 0.3) is 0 Å². The highest BCUT2D eigenvalue weighted by atomic mass is 32.1. The molecule has 1 aliphatic heterocycles. The van der Waals surface area contributed by atoms with E-state index in [1.165, 1.54) is 11.3 Å². The Hall–Kier alpha value is -1.40. The maximum Gasteiger partial charge on any atom is 0.349 e. The molecule has 0 saturated carbocycles. The van der Waals surface area contributed by atoms with Gasteiger partial charge in [-0.15, -0.1) is 11.3 Å². The van der Waals surface area contributed by atoms with Crippen LogP contribution in [0.1, 0.15) is 28.1 Å². The summed E-state index contributed by atoms with van der Waals surface area (Å²) in [6.45, 7) is 2.83. The topological polar surface area (TPSA) is 64.6 Å². The molecular formula is C13H17NO4S. The minimum atomic E-state index is -0.445. The van der Waals surface area contributed by atoms with E-state index >= 15 is 0 Å². The van der Waals surface area contributed by atoms with Gasteiger partial charge in [-0.05, 0) is 36.8 Å². The molecule has 0 unspecified atom stereocenters. The van der Waals surface area contributed by atoms with Crippen LogP contribution in [-0.2, 0) is 14.3 Å². The first-order valence-corrected chi connectivity index (χ1v) is 7.14. The number of amides is 1. The predicted molar refractivity (Wildman–Crippen MR) is 71.3 cm³/mol. The number of hydrogen-bond acceptors (Lipinski definition) is 5. The Morgan fingerprint density at radius 2 is 2.42 bits per heavy atom. The molecule has 1 atom stereocenters. The summed E-state index contributed by atoms with van der Waals surface area (Å²) < 4.78 is 10.3. The average Bonchev–Trinajstić information content (AvgIpc) is 3.04. The third-order valence-electron chi connectivity index (χ3n) is 2.93. The van der Waals surface area contributed by atoms with Crippen LogP contribution < -0.4 is 5.32 Å². The van der Waals surface area contributed by atoms with Crippen molar-refractivity contribution < 1.29 is 19.1 Å². The number of rotatable bonds is 5. The van der Waals surface area contributed by atoms with Crippen molar-refractivity contribution in [2.45, 2.75) is 25.9 Å². The number of nitrogens with one attached hydrogen (secondary N) is 1. The molecule has 104 valence electrons. The Balaban J connectivity index is 1.68. The fourth-order valence-electron chi connectivity index (χ4n) is 1.86. The van der Waals surface area contributed by atoms with Crippen molar-refractivity contribution in [1.29, 1.82) is 0 Å². The van der Waals surface area contributed by atoms with Crippen molar-refractivity contribution in [1.82, 2.24) is 5.32 Å². The van der Waals surface area contributed by atoms with E-state index in [1.54, 1.807) is 0 Å². The van der Waals surface area contributed by atoms with Gasteiger partial charge in [-0.25, -0.2) is 4.79 Å². The molecule has 0 bridgehead atoms. The van der Waals surface area contributed by atoms with Crippen LogP contribution in [0.4, 0.5) is 0 Å². The van der Waals surface area contributed by atoms with Gasteiger partial charge in [0.25, 0.3) is 5.91 Å². The zero-order valence-electron chi connectivity index (χ0n) is 10.8. The van der Waals surface area contributed by atoms with Crippen LogP contribution in [0.5, 0.6) is 0 Å². The summed E-state index contributed by atoms with van der Waals surface area (Å²) in [5, 5.41) is 4.52. The average molecular weight is 283 g/mol. The van der Waals surface area contributed by atoms with E-state index in [0.29, 0.717) is 11.4 Å². The predicted octanol–water partition coefficient (Wildman–Crippen LogP) is 1.51. The van der Waals surface area contributed by atoms with E-state index in [-0.39, 0.29) is 18.6 Å². The third kappa shape index (κ3) is 4.04. The van der Waals surface area contributed by atoms with Crippen molar-refractivity contribution in [3.63, 3.8) is 0 Å². The van der Waals surface area contributed by atoms with Gasteiger partial charge in [0, 0.05) is 13.2 Å². The van der Waals surface area contributed by atoms with E-state index in [9.17, 15) is 9.59 Å². The van der Waals surface area contributed by atoms with Gasteiger partial charge in [0.2, 0.25) is 0 Å². The Kier molecular flexibility index (Phi) is 4.93. The van der Waals surface area contributed by atoms with E-state index in [0.717, 1.165) is 25.0 Å². The normalized spacial score (nSPS) is 18.3. The summed E-state index contributed by atoms with van der Waals surface area (Å²) in [4.78, 5) is 23.7. The van der Waals surface area contributed by atoms with Crippen LogP contribution in [0, 0.1) is 6.92 Å². The largest absolute Gasteiger partial charge is 0.451 e. The van der Waals surface area contributed by atoms with Crippen LogP contribution in [0.3, 0.4) is 0 Å².